The molecule has 7 heteroatoms. The molecule has 0 radical (unpaired) electrons. The first-order valence-electron chi connectivity index (χ1n) is 8.92. The smallest absolute Gasteiger partial charge is 0.311 e. The van der Waals surface area contributed by atoms with Gasteiger partial charge >= 0.3 is 5.97 Å². The highest BCUT2D eigenvalue weighted by atomic mass is 16.5. The van der Waals surface area contributed by atoms with Crippen molar-refractivity contribution in [1.82, 2.24) is 0 Å². The highest BCUT2D eigenvalue weighted by Gasteiger charge is 2.31. The Morgan fingerprint density at radius 3 is 2.71 bits per heavy atom. The van der Waals surface area contributed by atoms with E-state index in [-0.39, 0.29) is 18.9 Å². The Morgan fingerprint density at radius 1 is 1.21 bits per heavy atom. The number of carbonyl (C=O) groups excluding carboxylic acids is 3. The van der Waals surface area contributed by atoms with E-state index in [1.165, 1.54) is 18.9 Å². The number of hydrogen-bond acceptors (Lipinski definition) is 5. The van der Waals surface area contributed by atoms with Crippen LogP contribution in [-0.4, -0.2) is 37.5 Å². The molecule has 1 N–H and O–H groups in total. The predicted molar refractivity (Wildman–Crippen MR) is 104 cm³/mol. The van der Waals surface area contributed by atoms with Gasteiger partial charge in [0.05, 0.1) is 24.9 Å². The highest BCUT2D eigenvalue weighted by Crippen LogP contribution is 2.29. The van der Waals surface area contributed by atoms with Gasteiger partial charge in [0, 0.05) is 5.56 Å². The van der Waals surface area contributed by atoms with Gasteiger partial charge in [0.15, 0.2) is 6.10 Å². The number of para-hydroxylation sites is 2. The third kappa shape index (κ3) is 4.14. The monoisotopic (exact) mass is 382 g/mol. The molecule has 146 valence electrons. The quantitative estimate of drug-likeness (QED) is 0.803. The fourth-order valence-corrected chi connectivity index (χ4v) is 3.14. The van der Waals surface area contributed by atoms with Gasteiger partial charge in [-0.3, -0.25) is 19.3 Å². The molecule has 0 fully saturated rings. The Hall–Kier alpha value is -3.35. The number of amides is 2. The minimum absolute atomic E-state index is 0.0143. The Morgan fingerprint density at radius 2 is 1.96 bits per heavy atom. The lowest BCUT2D eigenvalue weighted by Gasteiger charge is -2.30. The zero-order valence-corrected chi connectivity index (χ0v) is 16.0. The van der Waals surface area contributed by atoms with Crippen molar-refractivity contribution >= 4 is 29.2 Å². The normalized spacial score (nSPS) is 14.0. The van der Waals surface area contributed by atoms with Crippen LogP contribution in [0.1, 0.15) is 18.1 Å². The number of anilines is 2. The van der Waals surface area contributed by atoms with E-state index in [2.05, 4.69) is 5.32 Å². The average Bonchev–Trinajstić information content (AvgIpc) is 2.66. The first kappa shape index (κ1) is 19.4. The van der Waals surface area contributed by atoms with E-state index in [1.807, 2.05) is 19.1 Å². The number of benzene rings is 2. The van der Waals surface area contributed by atoms with Crippen LogP contribution in [0.15, 0.2) is 42.5 Å². The van der Waals surface area contributed by atoms with Crippen molar-refractivity contribution < 1.29 is 23.9 Å². The summed E-state index contributed by atoms with van der Waals surface area (Å²) in [6, 6.07) is 12.5. The number of rotatable bonds is 5. The number of esters is 1. The summed E-state index contributed by atoms with van der Waals surface area (Å²) < 4.78 is 10.6. The summed E-state index contributed by atoms with van der Waals surface area (Å²) in [5, 5.41) is 2.72. The van der Waals surface area contributed by atoms with Crippen molar-refractivity contribution in [3.63, 3.8) is 0 Å². The fourth-order valence-electron chi connectivity index (χ4n) is 3.14. The summed E-state index contributed by atoms with van der Waals surface area (Å²) in [5.41, 5.74) is 2.81. The van der Waals surface area contributed by atoms with Crippen molar-refractivity contribution in [2.24, 2.45) is 0 Å². The number of aryl methyl sites for hydroxylation is 1. The molecular formula is C21H22N2O5. The molecule has 1 atom stereocenters. The Kier molecular flexibility index (Phi) is 5.63. The maximum Gasteiger partial charge on any atom is 0.311 e. The Labute approximate surface area is 163 Å². The SMILES string of the molecule is COc1ccc(C)cc1CC(=O)O[C@@H](C)C(=O)N1CC(=O)Nc2ccccc21. The number of ether oxygens (including phenoxy) is 2. The molecule has 2 amide bonds. The number of carbonyl (C=O) groups is 3. The van der Waals surface area contributed by atoms with Gasteiger partial charge in [-0.25, -0.2) is 0 Å². The van der Waals surface area contributed by atoms with Gasteiger partial charge in [-0.15, -0.1) is 0 Å². The summed E-state index contributed by atoms with van der Waals surface area (Å²) in [6.45, 7) is 3.30. The molecule has 3 rings (SSSR count). The lowest BCUT2D eigenvalue weighted by molar-refractivity contribution is -0.153. The second kappa shape index (κ2) is 8.12. The van der Waals surface area contributed by atoms with Crippen LogP contribution >= 0.6 is 0 Å². The van der Waals surface area contributed by atoms with Crippen LogP contribution in [0.3, 0.4) is 0 Å². The molecule has 7 nitrogen and oxygen atoms in total. The van der Waals surface area contributed by atoms with Crippen LogP contribution in [0, 0.1) is 6.92 Å². The standard InChI is InChI=1S/C21H22N2O5/c1-13-8-9-18(27-3)15(10-13)11-20(25)28-14(2)21(26)23-12-19(24)22-16-6-4-5-7-17(16)23/h4-10,14H,11-12H2,1-3H3,(H,22,24)/t14-/m0/s1. The molecule has 0 bridgehead atoms. The zero-order chi connectivity index (χ0) is 20.3. The van der Waals surface area contributed by atoms with Crippen molar-refractivity contribution in [1.29, 1.82) is 0 Å². The molecule has 0 saturated carbocycles. The lowest BCUT2D eigenvalue weighted by atomic mass is 10.1. The van der Waals surface area contributed by atoms with E-state index in [0.717, 1.165) is 5.56 Å². The number of hydrogen-bond donors (Lipinski definition) is 1. The van der Waals surface area contributed by atoms with Gasteiger partial charge in [-0.2, -0.15) is 0 Å². The van der Waals surface area contributed by atoms with E-state index in [0.29, 0.717) is 22.7 Å². The van der Waals surface area contributed by atoms with Crippen molar-refractivity contribution in [3.8, 4) is 5.75 Å². The fraction of sp³-hybridized carbons (Fsp3) is 0.286. The molecule has 1 aliphatic heterocycles. The van der Waals surface area contributed by atoms with Crippen LogP contribution in [0.5, 0.6) is 5.75 Å². The third-order valence-electron chi connectivity index (χ3n) is 4.46. The number of nitrogens with one attached hydrogen (secondary N) is 1. The largest absolute Gasteiger partial charge is 0.496 e. The maximum absolute atomic E-state index is 12.8. The molecule has 1 heterocycles. The molecule has 1 aliphatic rings. The molecule has 28 heavy (non-hydrogen) atoms. The molecule has 2 aromatic rings. The van der Waals surface area contributed by atoms with Gasteiger partial charge in [-0.05, 0) is 32.0 Å². The van der Waals surface area contributed by atoms with E-state index in [1.54, 1.807) is 30.3 Å². The number of methoxy groups -OCH3 is 1. The lowest BCUT2D eigenvalue weighted by Crippen LogP contribution is -2.47. The first-order chi connectivity index (χ1) is 13.4. The summed E-state index contributed by atoms with van der Waals surface area (Å²) in [5.74, 6) is -0.704. The second-order valence-corrected chi connectivity index (χ2v) is 6.61. The van der Waals surface area contributed by atoms with Crippen molar-refractivity contribution in [2.75, 3.05) is 23.9 Å². The molecule has 2 aromatic carbocycles. The van der Waals surface area contributed by atoms with E-state index in [4.69, 9.17) is 9.47 Å². The van der Waals surface area contributed by atoms with Gasteiger partial charge in [0.1, 0.15) is 12.3 Å². The topological polar surface area (TPSA) is 84.9 Å². The minimum Gasteiger partial charge on any atom is -0.496 e. The van der Waals surface area contributed by atoms with E-state index >= 15 is 0 Å². The minimum atomic E-state index is -1.03. The van der Waals surface area contributed by atoms with Gasteiger partial charge in [0.2, 0.25) is 5.91 Å². The Balaban J connectivity index is 1.70. The predicted octanol–water partition coefficient (Wildman–Crippen LogP) is 2.46. The third-order valence-corrected chi connectivity index (χ3v) is 4.46. The first-order valence-corrected chi connectivity index (χ1v) is 8.92. The maximum atomic E-state index is 12.8. The van der Waals surface area contributed by atoms with Gasteiger partial charge in [0.25, 0.3) is 5.91 Å². The molecule has 0 unspecified atom stereocenters. The zero-order valence-electron chi connectivity index (χ0n) is 16.0. The van der Waals surface area contributed by atoms with Crippen LogP contribution in [0.4, 0.5) is 11.4 Å². The molecule has 0 aliphatic carbocycles. The van der Waals surface area contributed by atoms with E-state index in [9.17, 15) is 14.4 Å². The van der Waals surface area contributed by atoms with Gasteiger partial charge < -0.3 is 14.8 Å². The Bertz CT molecular complexity index is 925. The number of fused-ring (bicyclic) bond motifs is 1. The molecule has 0 saturated heterocycles. The highest BCUT2D eigenvalue weighted by molar-refractivity contribution is 6.11. The van der Waals surface area contributed by atoms with Crippen LogP contribution in [0.2, 0.25) is 0 Å². The second-order valence-electron chi connectivity index (χ2n) is 6.61. The van der Waals surface area contributed by atoms with Crippen LogP contribution in [-0.2, 0) is 25.5 Å². The van der Waals surface area contributed by atoms with Crippen LogP contribution < -0.4 is 15.0 Å². The van der Waals surface area contributed by atoms with E-state index < -0.39 is 18.0 Å². The molecule has 0 aromatic heterocycles. The number of nitrogens with zero attached hydrogens (tertiary/aromatic N) is 1. The summed E-state index contributed by atoms with van der Waals surface area (Å²) >= 11 is 0. The molecule has 0 spiro atoms. The molecular weight excluding hydrogens is 360 g/mol. The average molecular weight is 382 g/mol. The van der Waals surface area contributed by atoms with Crippen LogP contribution in [0.25, 0.3) is 0 Å². The van der Waals surface area contributed by atoms with Crippen molar-refractivity contribution in [3.05, 3.63) is 53.6 Å². The summed E-state index contributed by atoms with van der Waals surface area (Å²) in [6.07, 6.45) is -1.04. The van der Waals surface area contributed by atoms with Crippen molar-refractivity contribution in [2.45, 2.75) is 26.4 Å². The summed E-state index contributed by atoms with van der Waals surface area (Å²) in [4.78, 5) is 38.4. The van der Waals surface area contributed by atoms with Gasteiger partial charge in [-0.1, -0.05) is 29.8 Å². The summed E-state index contributed by atoms with van der Waals surface area (Å²) in [7, 11) is 1.53.